The van der Waals surface area contributed by atoms with Crippen molar-refractivity contribution in [2.75, 3.05) is 6.54 Å². The fraction of sp³-hybridized carbons (Fsp3) is 0.333. The average molecular weight is 277 g/mol. The van der Waals surface area contributed by atoms with Crippen LogP contribution in [-0.4, -0.2) is 16.5 Å². The molecule has 1 heterocycles. The molecule has 0 aliphatic rings. The first kappa shape index (κ1) is 14.5. The highest BCUT2D eigenvalue weighted by atomic mass is 19.2. The lowest BCUT2D eigenvalue weighted by molar-refractivity contribution is 0.477. The zero-order valence-electron chi connectivity index (χ0n) is 11.5. The summed E-state index contributed by atoms with van der Waals surface area (Å²) in [6, 6.07) is 5.85. The van der Waals surface area contributed by atoms with Crippen LogP contribution in [0.5, 0.6) is 0 Å². The van der Waals surface area contributed by atoms with Crippen molar-refractivity contribution in [1.29, 1.82) is 0 Å². The van der Waals surface area contributed by atoms with Crippen LogP contribution in [0.15, 0.2) is 30.5 Å². The van der Waals surface area contributed by atoms with Gasteiger partial charge >= 0.3 is 0 Å². The van der Waals surface area contributed by atoms with Gasteiger partial charge in [-0.3, -0.25) is 0 Å². The van der Waals surface area contributed by atoms with E-state index in [4.69, 9.17) is 0 Å². The third-order valence-corrected chi connectivity index (χ3v) is 3.06. The van der Waals surface area contributed by atoms with Gasteiger partial charge in [0.2, 0.25) is 0 Å². The third kappa shape index (κ3) is 3.36. The Morgan fingerprint density at radius 2 is 2.05 bits per heavy atom. The Hall–Kier alpha value is -1.88. The zero-order valence-corrected chi connectivity index (χ0v) is 11.5. The maximum absolute atomic E-state index is 13.8. The number of rotatable bonds is 5. The van der Waals surface area contributed by atoms with Crippen molar-refractivity contribution < 1.29 is 8.78 Å². The highest BCUT2D eigenvalue weighted by Gasteiger charge is 2.16. The number of aromatic nitrogens is 2. The van der Waals surface area contributed by atoms with Gasteiger partial charge in [0.1, 0.15) is 5.82 Å². The van der Waals surface area contributed by atoms with E-state index in [0.717, 1.165) is 11.8 Å². The predicted molar refractivity (Wildman–Crippen MR) is 73.2 cm³/mol. The van der Waals surface area contributed by atoms with Crippen LogP contribution in [0.25, 0.3) is 0 Å². The van der Waals surface area contributed by atoms with E-state index in [1.807, 2.05) is 6.92 Å². The zero-order chi connectivity index (χ0) is 14.5. The largest absolute Gasteiger partial charge is 0.309 e. The van der Waals surface area contributed by atoms with E-state index in [1.165, 1.54) is 6.07 Å². The summed E-state index contributed by atoms with van der Waals surface area (Å²) in [6.45, 7) is 4.48. The Bertz CT molecular complexity index is 587. The molecule has 0 fully saturated rings. The van der Waals surface area contributed by atoms with Gasteiger partial charge in [0.25, 0.3) is 0 Å². The number of nitrogens with zero attached hydrogens (tertiary/aromatic N) is 2. The lowest BCUT2D eigenvalue weighted by Gasteiger charge is -2.18. The molecule has 0 aliphatic heterocycles. The monoisotopic (exact) mass is 277 g/mol. The maximum Gasteiger partial charge on any atom is 0.162 e. The Morgan fingerprint density at radius 1 is 1.25 bits per heavy atom. The first-order valence-corrected chi connectivity index (χ1v) is 6.57. The Balaban J connectivity index is 2.28. The summed E-state index contributed by atoms with van der Waals surface area (Å²) >= 11 is 0. The Morgan fingerprint density at radius 3 is 2.75 bits per heavy atom. The van der Waals surface area contributed by atoms with Crippen LogP contribution in [0.3, 0.4) is 0 Å². The van der Waals surface area contributed by atoms with Gasteiger partial charge in [0, 0.05) is 6.20 Å². The molecule has 1 N–H and O–H groups in total. The van der Waals surface area contributed by atoms with Gasteiger partial charge in [-0.25, -0.2) is 18.7 Å². The van der Waals surface area contributed by atoms with Crippen LogP contribution in [0.4, 0.5) is 8.78 Å². The van der Waals surface area contributed by atoms with Crippen LogP contribution in [0, 0.1) is 18.6 Å². The van der Waals surface area contributed by atoms with E-state index >= 15 is 0 Å². The number of benzene rings is 1. The van der Waals surface area contributed by atoms with Gasteiger partial charge in [-0.05, 0) is 37.6 Å². The second kappa shape index (κ2) is 6.52. The van der Waals surface area contributed by atoms with Crippen molar-refractivity contribution in [3.63, 3.8) is 0 Å². The summed E-state index contributed by atoms with van der Waals surface area (Å²) in [6.07, 6.45) is 2.01. The molecule has 0 saturated carbocycles. The molecule has 0 radical (unpaired) electrons. The number of hydrogen-bond acceptors (Lipinski definition) is 3. The van der Waals surface area contributed by atoms with E-state index in [0.29, 0.717) is 24.4 Å². The molecule has 1 aromatic carbocycles. The van der Waals surface area contributed by atoms with Gasteiger partial charge in [0.05, 0.1) is 11.7 Å². The number of nitrogens with one attached hydrogen (secondary N) is 1. The van der Waals surface area contributed by atoms with Crippen molar-refractivity contribution in [3.8, 4) is 0 Å². The third-order valence-electron chi connectivity index (χ3n) is 3.06. The van der Waals surface area contributed by atoms with Gasteiger partial charge in [-0.1, -0.05) is 19.1 Å². The van der Waals surface area contributed by atoms with E-state index in [-0.39, 0.29) is 6.04 Å². The van der Waals surface area contributed by atoms with Gasteiger partial charge < -0.3 is 5.32 Å². The molecule has 1 atom stereocenters. The van der Waals surface area contributed by atoms with E-state index in [2.05, 4.69) is 15.3 Å². The molecule has 5 heteroatoms. The molecule has 106 valence electrons. The number of aryl methyl sites for hydroxylation is 1. The van der Waals surface area contributed by atoms with E-state index < -0.39 is 11.6 Å². The van der Waals surface area contributed by atoms with Gasteiger partial charge in [0.15, 0.2) is 11.6 Å². The topological polar surface area (TPSA) is 37.8 Å². The van der Waals surface area contributed by atoms with Crippen molar-refractivity contribution in [2.45, 2.75) is 26.3 Å². The van der Waals surface area contributed by atoms with E-state index in [9.17, 15) is 8.78 Å². The lowest BCUT2D eigenvalue weighted by Crippen LogP contribution is -2.24. The van der Waals surface area contributed by atoms with Gasteiger partial charge in [-0.15, -0.1) is 0 Å². The van der Waals surface area contributed by atoms with Gasteiger partial charge in [-0.2, -0.15) is 0 Å². The molecule has 0 aliphatic carbocycles. The molecule has 0 bridgehead atoms. The molecule has 0 amide bonds. The normalized spacial score (nSPS) is 12.4. The van der Waals surface area contributed by atoms with Crippen molar-refractivity contribution >= 4 is 0 Å². The summed E-state index contributed by atoms with van der Waals surface area (Å²) in [5, 5.41) is 3.24. The van der Waals surface area contributed by atoms with Crippen LogP contribution in [-0.2, 0) is 6.42 Å². The van der Waals surface area contributed by atoms with Crippen molar-refractivity contribution in [3.05, 3.63) is 59.2 Å². The molecule has 0 spiro atoms. The smallest absolute Gasteiger partial charge is 0.162 e. The average Bonchev–Trinajstić information content (AvgIpc) is 2.43. The van der Waals surface area contributed by atoms with Crippen molar-refractivity contribution in [2.24, 2.45) is 0 Å². The molecule has 1 unspecified atom stereocenters. The molecule has 20 heavy (non-hydrogen) atoms. The summed E-state index contributed by atoms with van der Waals surface area (Å²) < 4.78 is 27.0. The summed E-state index contributed by atoms with van der Waals surface area (Å²) in [7, 11) is 0. The molecule has 3 nitrogen and oxygen atoms in total. The van der Waals surface area contributed by atoms with Crippen molar-refractivity contribution in [1.82, 2.24) is 15.3 Å². The molecule has 0 saturated heterocycles. The molecular formula is C15H17F2N3. The van der Waals surface area contributed by atoms with Crippen LogP contribution in [0.2, 0.25) is 0 Å². The van der Waals surface area contributed by atoms with E-state index in [1.54, 1.807) is 25.3 Å². The summed E-state index contributed by atoms with van der Waals surface area (Å²) in [5.41, 5.74) is 1.12. The summed E-state index contributed by atoms with van der Waals surface area (Å²) in [4.78, 5) is 8.40. The second-order valence-electron chi connectivity index (χ2n) is 4.56. The lowest BCUT2D eigenvalue weighted by atomic mass is 10.0. The SMILES string of the molecule is CCNC(Cc1cccc(F)c1F)c1ccnc(C)n1. The standard InChI is InChI=1S/C15H17F2N3/c1-3-18-14(13-7-8-19-10(2)20-13)9-11-5-4-6-12(16)15(11)17/h4-8,14,18H,3,9H2,1-2H3. The molecular weight excluding hydrogens is 260 g/mol. The van der Waals surface area contributed by atoms with Crippen LogP contribution < -0.4 is 5.32 Å². The fourth-order valence-corrected chi connectivity index (χ4v) is 2.12. The minimum absolute atomic E-state index is 0.169. The minimum Gasteiger partial charge on any atom is -0.309 e. The first-order chi connectivity index (χ1) is 9.61. The number of halogens is 2. The fourth-order valence-electron chi connectivity index (χ4n) is 2.12. The quantitative estimate of drug-likeness (QED) is 0.913. The second-order valence-corrected chi connectivity index (χ2v) is 4.56. The highest BCUT2D eigenvalue weighted by Crippen LogP contribution is 2.20. The van der Waals surface area contributed by atoms with Crippen LogP contribution >= 0.6 is 0 Å². The number of likely N-dealkylation sites (N-methyl/N-ethyl adjacent to an activating group) is 1. The number of hydrogen-bond donors (Lipinski definition) is 1. The predicted octanol–water partition coefficient (Wildman–Crippen LogP) is 2.96. The highest BCUT2D eigenvalue weighted by molar-refractivity contribution is 5.22. The maximum atomic E-state index is 13.8. The molecule has 1 aromatic heterocycles. The minimum atomic E-state index is -0.823. The summed E-state index contributed by atoms with van der Waals surface area (Å²) in [5.74, 6) is -0.956. The first-order valence-electron chi connectivity index (χ1n) is 6.57. The Kier molecular flexibility index (Phi) is 4.74. The Labute approximate surface area is 117 Å². The molecule has 2 aromatic rings. The molecule has 2 rings (SSSR count). The van der Waals surface area contributed by atoms with Crippen LogP contribution in [0.1, 0.15) is 30.0 Å².